The summed E-state index contributed by atoms with van der Waals surface area (Å²) in [7, 11) is 0. The average molecular weight is 221 g/mol. The molecule has 84 valence electrons. The molecule has 0 spiro atoms. The van der Waals surface area contributed by atoms with Crippen molar-refractivity contribution in [3.8, 4) is 0 Å². The van der Waals surface area contributed by atoms with Crippen LogP contribution in [0.4, 0.5) is 10.6 Å². The summed E-state index contributed by atoms with van der Waals surface area (Å²) >= 11 is 0. The number of nitrogens with two attached hydrogens (primary N) is 1. The van der Waals surface area contributed by atoms with Crippen LogP contribution in [0.2, 0.25) is 0 Å². The Morgan fingerprint density at radius 3 is 2.75 bits per heavy atom. The van der Waals surface area contributed by atoms with Crippen LogP contribution in [0, 0.1) is 0 Å². The van der Waals surface area contributed by atoms with Gasteiger partial charge >= 0.3 is 12.1 Å². The van der Waals surface area contributed by atoms with Crippen molar-refractivity contribution in [2.75, 3.05) is 18.0 Å². The first-order valence-corrected chi connectivity index (χ1v) is 4.90. The number of rotatable bonds is 2. The monoisotopic (exact) mass is 221 g/mol. The van der Waals surface area contributed by atoms with E-state index in [1.807, 2.05) is 4.90 Å². The van der Waals surface area contributed by atoms with Crippen LogP contribution in [-0.2, 0) is 4.74 Å². The van der Waals surface area contributed by atoms with E-state index in [4.69, 9.17) is 5.73 Å². The van der Waals surface area contributed by atoms with Crippen molar-refractivity contribution in [3.63, 3.8) is 0 Å². The number of carbonyl (C=O) groups excluding carboxylic acids is 2. The summed E-state index contributed by atoms with van der Waals surface area (Å²) < 4.78 is 4.33. The fourth-order valence-electron chi connectivity index (χ4n) is 1.48. The van der Waals surface area contributed by atoms with Gasteiger partial charge in [-0.2, -0.15) is 0 Å². The number of carbonyl (C=O) groups is 2. The number of anilines is 1. The third-order valence-electron chi connectivity index (χ3n) is 2.36. The average Bonchev–Trinajstić information content (AvgIpc) is 2.14. The summed E-state index contributed by atoms with van der Waals surface area (Å²) in [5, 5.41) is 0. The Kier molecular flexibility index (Phi) is 2.72. The number of primary amides is 1. The molecule has 0 atom stereocenters. The maximum Gasteiger partial charge on any atom is 0.412 e. The molecule has 1 aliphatic heterocycles. The zero-order valence-electron chi connectivity index (χ0n) is 8.55. The van der Waals surface area contributed by atoms with Crippen LogP contribution < -0.4 is 10.6 Å². The maximum absolute atomic E-state index is 11.5. The van der Waals surface area contributed by atoms with E-state index in [2.05, 4.69) is 9.72 Å². The lowest BCUT2D eigenvalue weighted by Crippen LogP contribution is -2.39. The molecule has 6 heteroatoms. The molecule has 0 unspecified atom stereocenters. The molecule has 0 aromatic carbocycles. The van der Waals surface area contributed by atoms with E-state index < -0.39 is 12.1 Å². The maximum atomic E-state index is 11.5. The van der Waals surface area contributed by atoms with Crippen LogP contribution in [0.1, 0.15) is 16.8 Å². The second-order valence-corrected chi connectivity index (χ2v) is 3.42. The van der Waals surface area contributed by atoms with Crippen LogP contribution in [0.25, 0.3) is 0 Å². The van der Waals surface area contributed by atoms with E-state index in [1.165, 1.54) is 0 Å². The van der Waals surface area contributed by atoms with Crippen molar-refractivity contribution in [2.45, 2.75) is 6.42 Å². The van der Waals surface area contributed by atoms with Crippen molar-refractivity contribution in [1.82, 2.24) is 4.98 Å². The smallest absolute Gasteiger partial charge is 0.373 e. The Morgan fingerprint density at radius 1 is 1.44 bits per heavy atom. The molecule has 1 aromatic heterocycles. The topological polar surface area (TPSA) is 85.5 Å². The molecule has 1 amide bonds. The van der Waals surface area contributed by atoms with Gasteiger partial charge in [0.2, 0.25) is 0 Å². The summed E-state index contributed by atoms with van der Waals surface area (Å²) in [4.78, 5) is 28.1. The van der Waals surface area contributed by atoms with Gasteiger partial charge in [-0.05, 0) is 18.6 Å². The van der Waals surface area contributed by atoms with Gasteiger partial charge in [0, 0.05) is 19.3 Å². The zero-order valence-corrected chi connectivity index (χ0v) is 8.55. The van der Waals surface area contributed by atoms with Gasteiger partial charge in [-0.25, -0.2) is 14.6 Å². The number of nitrogens with zero attached hydrogens (tertiary/aromatic N) is 2. The molecule has 2 rings (SSSR count). The Balaban J connectivity index is 2.25. The largest absolute Gasteiger partial charge is 0.412 e. The highest BCUT2D eigenvalue weighted by molar-refractivity contribution is 5.99. The standard InChI is InChI=1S/C10H11N3O3/c11-10(15)16-9(14)7-3-1-4-12-8(7)13-5-2-6-13/h1,3-4H,2,5-6H2,(H2,11,15). The SMILES string of the molecule is NC(=O)OC(=O)c1cccnc1N1CCC1. The van der Waals surface area contributed by atoms with Crippen molar-refractivity contribution < 1.29 is 14.3 Å². The predicted molar refractivity (Wildman–Crippen MR) is 56.1 cm³/mol. The lowest BCUT2D eigenvalue weighted by atomic mass is 10.1. The predicted octanol–water partition coefficient (Wildman–Crippen LogP) is 0.527. The summed E-state index contributed by atoms with van der Waals surface area (Å²) in [6, 6.07) is 3.17. The van der Waals surface area contributed by atoms with Gasteiger partial charge in [0.1, 0.15) is 11.4 Å². The molecule has 6 nitrogen and oxygen atoms in total. The van der Waals surface area contributed by atoms with Gasteiger partial charge in [-0.1, -0.05) is 0 Å². The van der Waals surface area contributed by atoms with Crippen molar-refractivity contribution >= 4 is 17.9 Å². The van der Waals surface area contributed by atoms with E-state index in [9.17, 15) is 9.59 Å². The molecule has 2 heterocycles. The van der Waals surface area contributed by atoms with Gasteiger partial charge in [-0.3, -0.25) is 0 Å². The van der Waals surface area contributed by atoms with Crippen molar-refractivity contribution in [3.05, 3.63) is 23.9 Å². The highest BCUT2D eigenvalue weighted by Crippen LogP contribution is 2.22. The number of amides is 1. The Labute approximate surface area is 92.0 Å². The summed E-state index contributed by atoms with van der Waals surface area (Å²) in [6.07, 6.45) is 1.55. The molecule has 0 bridgehead atoms. The molecule has 1 fully saturated rings. The summed E-state index contributed by atoms with van der Waals surface area (Å²) in [6.45, 7) is 1.71. The Bertz CT molecular complexity index is 429. The minimum absolute atomic E-state index is 0.265. The third-order valence-corrected chi connectivity index (χ3v) is 2.36. The first-order chi connectivity index (χ1) is 7.68. The number of aromatic nitrogens is 1. The molecule has 16 heavy (non-hydrogen) atoms. The number of esters is 1. The number of pyridine rings is 1. The van der Waals surface area contributed by atoms with E-state index in [-0.39, 0.29) is 5.56 Å². The second-order valence-electron chi connectivity index (χ2n) is 3.42. The van der Waals surface area contributed by atoms with Crippen LogP contribution in [0.5, 0.6) is 0 Å². The number of hydrogen-bond donors (Lipinski definition) is 1. The van der Waals surface area contributed by atoms with Crippen LogP contribution in [-0.4, -0.2) is 30.1 Å². The first-order valence-electron chi connectivity index (χ1n) is 4.90. The highest BCUT2D eigenvalue weighted by atomic mass is 16.6. The van der Waals surface area contributed by atoms with Gasteiger partial charge in [0.05, 0.1) is 0 Å². The molecule has 1 aromatic rings. The summed E-state index contributed by atoms with van der Waals surface area (Å²) in [5.74, 6) is -0.220. The summed E-state index contributed by atoms with van der Waals surface area (Å²) in [5.41, 5.74) is 5.05. The second kappa shape index (κ2) is 4.18. The third kappa shape index (κ3) is 1.95. The van der Waals surface area contributed by atoms with E-state index in [1.54, 1.807) is 18.3 Å². The molecule has 0 aliphatic carbocycles. The number of hydrogen-bond acceptors (Lipinski definition) is 5. The molecule has 0 radical (unpaired) electrons. The fourth-order valence-corrected chi connectivity index (χ4v) is 1.48. The van der Waals surface area contributed by atoms with Crippen molar-refractivity contribution in [1.29, 1.82) is 0 Å². The molecule has 0 saturated carbocycles. The fraction of sp³-hybridized carbons (Fsp3) is 0.300. The minimum atomic E-state index is -1.11. The first kappa shape index (κ1) is 10.4. The lowest BCUT2D eigenvalue weighted by molar-refractivity contribution is 0.0638. The molecule has 1 saturated heterocycles. The van der Waals surface area contributed by atoms with E-state index in [0.717, 1.165) is 19.5 Å². The Morgan fingerprint density at radius 2 is 2.19 bits per heavy atom. The quantitative estimate of drug-likeness (QED) is 0.581. The molecule has 1 aliphatic rings. The Hall–Kier alpha value is -2.11. The van der Waals surface area contributed by atoms with Gasteiger partial charge in [0.25, 0.3) is 0 Å². The normalized spacial score (nSPS) is 14.1. The van der Waals surface area contributed by atoms with Crippen molar-refractivity contribution in [2.24, 2.45) is 5.73 Å². The van der Waals surface area contributed by atoms with Gasteiger partial charge in [0.15, 0.2) is 0 Å². The highest BCUT2D eigenvalue weighted by Gasteiger charge is 2.23. The molecular weight excluding hydrogens is 210 g/mol. The molecular formula is C10H11N3O3. The van der Waals surface area contributed by atoms with Gasteiger partial charge < -0.3 is 15.4 Å². The number of ether oxygens (including phenoxy) is 1. The van der Waals surface area contributed by atoms with E-state index >= 15 is 0 Å². The van der Waals surface area contributed by atoms with Gasteiger partial charge in [-0.15, -0.1) is 0 Å². The van der Waals surface area contributed by atoms with Crippen LogP contribution in [0.3, 0.4) is 0 Å². The van der Waals surface area contributed by atoms with Crippen LogP contribution >= 0.6 is 0 Å². The molecule has 2 N–H and O–H groups in total. The zero-order chi connectivity index (χ0) is 11.5. The minimum Gasteiger partial charge on any atom is -0.373 e. The lowest BCUT2D eigenvalue weighted by Gasteiger charge is -2.32. The van der Waals surface area contributed by atoms with E-state index in [0.29, 0.717) is 5.82 Å². The van der Waals surface area contributed by atoms with Crippen LogP contribution in [0.15, 0.2) is 18.3 Å².